The van der Waals surface area contributed by atoms with Gasteiger partial charge in [0.05, 0.1) is 6.54 Å². The molecule has 0 aliphatic heterocycles. The van der Waals surface area contributed by atoms with E-state index in [1.807, 2.05) is 19.9 Å². The van der Waals surface area contributed by atoms with Gasteiger partial charge in [-0.15, -0.1) is 0 Å². The molecule has 0 atom stereocenters. The van der Waals surface area contributed by atoms with E-state index in [2.05, 4.69) is 0 Å². The number of hydrogen-bond acceptors (Lipinski definition) is 4. The Morgan fingerprint density at radius 3 is 2.14 bits per heavy atom. The SMILES string of the molecule is CC.CN(C)CC(=O)OCc1ccccc1C(=O)N(C)C. The van der Waals surface area contributed by atoms with E-state index in [0.29, 0.717) is 11.1 Å². The molecule has 0 unspecified atom stereocenters. The van der Waals surface area contributed by atoms with Crippen LogP contribution in [0.4, 0.5) is 0 Å². The van der Waals surface area contributed by atoms with Crippen LogP contribution in [0.2, 0.25) is 0 Å². The molecule has 0 N–H and O–H groups in total. The first kappa shape index (κ1) is 19.1. The van der Waals surface area contributed by atoms with Crippen molar-refractivity contribution in [3.8, 4) is 0 Å². The van der Waals surface area contributed by atoms with Crippen molar-refractivity contribution in [2.75, 3.05) is 34.7 Å². The molecule has 0 aliphatic rings. The zero-order valence-electron chi connectivity index (χ0n) is 13.8. The largest absolute Gasteiger partial charge is 0.460 e. The number of hydrogen-bond donors (Lipinski definition) is 0. The smallest absolute Gasteiger partial charge is 0.320 e. The molecule has 0 spiro atoms. The lowest BCUT2D eigenvalue weighted by Crippen LogP contribution is -2.25. The first-order chi connectivity index (χ1) is 9.91. The molecule has 0 saturated carbocycles. The Morgan fingerprint density at radius 2 is 1.62 bits per heavy atom. The topological polar surface area (TPSA) is 49.9 Å². The normalized spacial score (nSPS) is 9.67. The summed E-state index contributed by atoms with van der Waals surface area (Å²) in [7, 11) is 6.98. The average Bonchev–Trinajstić information content (AvgIpc) is 2.46. The second-order valence-electron chi connectivity index (χ2n) is 4.76. The highest BCUT2D eigenvalue weighted by molar-refractivity contribution is 5.95. The van der Waals surface area contributed by atoms with Gasteiger partial charge in [-0.05, 0) is 20.2 Å². The van der Waals surface area contributed by atoms with Gasteiger partial charge < -0.3 is 9.64 Å². The average molecular weight is 294 g/mol. The number of carbonyl (C=O) groups excluding carboxylic acids is 2. The third-order valence-electron chi connectivity index (χ3n) is 2.49. The predicted octanol–water partition coefficient (Wildman–Crippen LogP) is 2.02. The molecule has 0 heterocycles. The van der Waals surface area contributed by atoms with Crippen molar-refractivity contribution in [1.82, 2.24) is 9.80 Å². The zero-order valence-corrected chi connectivity index (χ0v) is 13.8. The molecule has 0 saturated heterocycles. The van der Waals surface area contributed by atoms with Gasteiger partial charge in [-0.2, -0.15) is 0 Å². The lowest BCUT2D eigenvalue weighted by molar-refractivity contribution is -0.145. The second-order valence-corrected chi connectivity index (χ2v) is 4.76. The first-order valence-corrected chi connectivity index (χ1v) is 7.01. The van der Waals surface area contributed by atoms with Crippen LogP contribution in [0.15, 0.2) is 24.3 Å². The predicted molar refractivity (Wildman–Crippen MR) is 84.2 cm³/mol. The molecular weight excluding hydrogens is 268 g/mol. The second kappa shape index (κ2) is 9.94. The van der Waals surface area contributed by atoms with E-state index in [1.54, 1.807) is 51.3 Å². The van der Waals surface area contributed by atoms with Crippen molar-refractivity contribution in [3.05, 3.63) is 35.4 Å². The molecule has 5 heteroatoms. The van der Waals surface area contributed by atoms with Gasteiger partial charge in [0.1, 0.15) is 6.61 Å². The fraction of sp³-hybridized carbons (Fsp3) is 0.500. The first-order valence-electron chi connectivity index (χ1n) is 7.01. The Balaban J connectivity index is 0.00000191. The minimum atomic E-state index is -0.308. The van der Waals surface area contributed by atoms with Crippen molar-refractivity contribution in [3.63, 3.8) is 0 Å². The van der Waals surface area contributed by atoms with E-state index in [-0.39, 0.29) is 25.0 Å². The third kappa shape index (κ3) is 6.90. The summed E-state index contributed by atoms with van der Waals surface area (Å²) >= 11 is 0. The molecule has 0 radical (unpaired) electrons. The molecule has 0 fully saturated rings. The zero-order chi connectivity index (χ0) is 16.4. The van der Waals surface area contributed by atoms with Crippen LogP contribution < -0.4 is 0 Å². The summed E-state index contributed by atoms with van der Waals surface area (Å²) in [6.07, 6.45) is 0. The number of likely N-dealkylation sites (N-methyl/N-ethyl adjacent to an activating group) is 1. The minimum absolute atomic E-state index is 0.0979. The van der Waals surface area contributed by atoms with E-state index >= 15 is 0 Å². The molecule has 1 amide bonds. The summed E-state index contributed by atoms with van der Waals surface area (Å²) in [4.78, 5) is 26.7. The van der Waals surface area contributed by atoms with Crippen LogP contribution in [0.25, 0.3) is 0 Å². The van der Waals surface area contributed by atoms with E-state index in [0.717, 1.165) is 0 Å². The fourth-order valence-corrected chi connectivity index (χ4v) is 1.56. The summed E-state index contributed by atoms with van der Waals surface area (Å²) in [6.45, 7) is 4.34. The maximum absolute atomic E-state index is 12.0. The van der Waals surface area contributed by atoms with E-state index in [4.69, 9.17) is 4.74 Å². The Labute approximate surface area is 127 Å². The Morgan fingerprint density at radius 1 is 1.05 bits per heavy atom. The summed E-state index contributed by atoms with van der Waals surface area (Å²) < 4.78 is 5.16. The number of benzene rings is 1. The number of esters is 1. The molecule has 0 bridgehead atoms. The molecule has 118 valence electrons. The highest BCUT2D eigenvalue weighted by Gasteiger charge is 2.14. The summed E-state index contributed by atoms with van der Waals surface area (Å²) in [5.74, 6) is -0.406. The van der Waals surface area contributed by atoms with Crippen molar-refractivity contribution in [2.45, 2.75) is 20.5 Å². The standard InChI is InChI=1S/C14H20N2O3.C2H6/c1-15(2)9-13(17)19-10-11-7-5-6-8-12(11)14(18)16(3)4;1-2/h5-8H,9-10H2,1-4H3;1-2H3. The van der Waals surface area contributed by atoms with E-state index in [1.165, 1.54) is 4.90 Å². The van der Waals surface area contributed by atoms with Crippen LogP contribution >= 0.6 is 0 Å². The monoisotopic (exact) mass is 294 g/mol. The molecule has 1 aromatic rings. The van der Waals surface area contributed by atoms with Gasteiger partial charge in [-0.3, -0.25) is 14.5 Å². The van der Waals surface area contributed by atoms with Gasteiger partial charge in [0, 0.05) is 25.2 Å². The van der Waals surface area contributed by atoms with Crippen LogP contribution in [0, 0.1) is 0 Å². The van der Waals surface area contributed by atoms with Gasteiger partial charge in [0.2, 0.25) is 0 Å². The fourth-order valence-electron chi connectivity index (χ4n) is 1.56. The molecule has 0 aliphatic carbocycles. The molecule has 1 aromatic carbocycles. The lowest BCUT2D eigenvalue weighted by Gasteiger charge is -2.14. The van der Waals surface area contributed by atoms with Crippen molar-refractivity contribution in [2.24, 2.45) is 0 Å². The summed E-state index contributed by atoms with van der Waals surface area (Å²) in [5.41, 5.74) is 1.28. The number of ether oxygens (including phenoxy) is 1. The molecule has 5 nitrogen and oxygen atoms in total. The maximum Gasteiger partial charge on any atom is 0.320 e. The van der Waals surface area contributed by atoms with E-state index in [9.17, 15) is 9.59 Å². The van der Waals surface area contributed by atoms with Crippen LogP contribution in [-0.4, -0.2) is 56.4 Å². The van der Waals surface area contributed by atoms with Crippen LogP contribution in [0.1, 0.15) is 29.8 Å². The van der Waals surface area contributed by atoms with Gasteiger partial charge >= 0.3 is 5.97 Å². The van der Waals surface area contributed by atoms with Crippen LogP contribution in [0.3, 0.4) is 0 Å². The number of rotatable bonds is 5. The minimum Gasteiger partial charge on any atom is -0.460 e. The number of nitrogens with zero attached hydrogens (tertiary/aromatic N) is 2. The molecule has 1 rings (SSSR count). The molecular formula is C16H26N2O3. The van der Waals surface area contributed by atoms with Gasteiger partial charge in [-0.25, -0.2) is 0 Å². The van der Waals surface area contributed by atoms with Crippen molar-refractivity contribution in [1.29, 1.82) is 0 Å². The van der Waals surface area contributed by atoms with Crippen molar-refractivity contribution < 1.29 is 14.3 Å². The Hall–Kier alpha value is -1.88. The highest BCUT2D eigenvalue weighted by atomic mass is 16.5. The van der Waals surface area contributed by atoms with Gasteiger partial charge in [0.15, 0.2) is 0 Å². The lowest BCUT2D eigenvalue weighted by atomic mass is 10.1. The van der Waals surface area contributed by atoms with E-state index < -0.39 is 0 Å². The third-order valence-corrected chi connectivity index (χ3v) is 2.49. The van der Waals surface area contributed by atoms with Gasteiger partial charge in [0.25, 0.3) is 5.91 Å². The number of carbonyl (C=O) groups is 2. The summed E-state index contributed by atoms with van der Waals surface area (Å²) in [6, 6.07) is 7.14. The van der Waals surface area contributed by atoms with Crippen molar-refractivity contribution >= 4 is 11.9 Å². The highest BCUT2D eigenvalue weighted by Crippen LogP contribution is 2.12. The molecule has 0 aromatic heterocycles. The van der Waals surface area contributed by atoms with Gasteiger partial charge in [-0.1, -0.05) is 32.0 Å². The Bertz CT molecular complexity index is 457. The maximum atomic E-state index is 12.0. The number of amides is 1. The van der Waals surface area contributed by atoms with Crippen LogP contribution in [0.5, 0.6) is 0 Å². The van der Waals surface area contributed by atoms with Crippen LogP contribution in [-0.2, 0) is 16.1 Å². The summed E-state index contributed by atoms with van der Waals surface area (Å²) in [5, 5.41) is 0. The quantitative estimate of drug-likeness (QED) is 0.780. The molecule has 21 heavy (non-hydrogen) atoms. The Kier molecular flexibility index (Phi) is 9.05.